The van der Waals surface area contributed by atoms with E-state index in [0.717, 1.165) is 0 Å². The van der Waals surface area contributed by atoms with Gasteiger partial charge in [0.05, 0.1) is 5.75 Å². The first-order valence-electron chi connectivity index (χ1n) is 7.88. The van der Waals surface area contributed by atoms with Gasteiger partial charge in [-0.05, 0) is 38.8 Å². The lowest BCUT2D eigenvalue weighted by atomic mass is 10.1. The lowest BCUT2D eigenvalue weighted by Gasteiger charge is -2.17. The van der Waals surface area contributed by atoms with Crippen molar-refractivity contribution in [2.24, 2.45) is 4.99 Å². The highest BCUT2D eigenvalue weighted by Crippen LogP contribution is 2.19. The minimum absolute atomic E-state index is 0. The van der Waals surface area contributed by atoms with Crippen molar-refractivity contribution in [3.05, 3.63) is 34.6 Å². The number of guanidine groups is 1. The third-order valence-corrected chi connectivity index (χ3v) is 4.67. The number of benzene rings is 1. The van der Waals surface area contributed by atoms with Gasteiger partial charge in [-0.3, -0.25) is 4.99 Å². The zero-order chi connectivity index (χ0) is 18.2. The molecule has 0 saturated carbocycles. The van der Waals surface area contributed by atoms with Crippen LogP contribution in [0.1, 0.15) is 25.8 Å². The number of hydrogen-bond donors (Lipinski definition) is 2. The fourth-order valence-electron chi connectivity index (χ4n) is 2.07. The van der Waals surface area contributed by atoms with Gasteiger partial charge in [0, 0.05) is 36.0 Å². The molecule has 0 fully saturated rings. The van der Waals surface area contributed by atoms with Crippen LogP contribution in [0.4, 0.5) is 4.39 Å². The molecule has 0 heterocycles. The largest absolute Gasteiger partial charge is 0.357 e. The van der Waals surface area contributed by atoms with Gasteiger partial charge in [-0.2, -0.15) is 0 Å². The smallest absolute Gasteiger partial charge is 0.191 e. The second-order valence-corrected chi connectivity index (χ2v) is 8.34. The van der Waals surface area contributed by atoms with Crippen LogP contribution in [-0.2, 0) is 16.3 Å². The van der Waals surface area contributed by atoms with E-state index in [0.29, 0.717) is 42.5 Å². The van der Waals surface area contributed by atoms with Crippen LogP contribution in [0.3, 0.4) is 0 Å². The molecular formula is C16H26ClFIN3O2S. The van der Waals surface area contributed by atoms with Gasteiger partial charge in [-0.15, -0.1) is 24.0 Å². The van der Waals surface area contributed by atoms with E-state index in [1.54, 1.807) is 12.1 Å². The van der Waals surface area contributed by atoms with Crippen LogP contribution in [-0.4, -0.2) is 45.5 Å². The average molecular weight is 506 g/mol. The first-order valence-corrected chi connectivity index (χ1v) is 10.3. The van der Waals surface area contributed by atoms with E-state index in [-0.39, 0.29) is 41.6 Å². The fourth-order valence-corrected chi connectivity index (χ4v) is 3.11. The number of aliphatic imine (C=N–C) groups is 1. The van der Waals surface area contributed by atoms with Crippen LogP contribution < -0.4 is 10.6 Å². The highest BCUT2D eigenvalue weighted by atomic mass is 127. The zero-order valence-electron chi connectivity index (χ0n) is 14.7. The molecule has 1 atom stereocenters. The van der Waals surface area contributed by atoms with E-state index < -0.39 is 9.84 Å². The molecule has 1 rings (SSSR count). The van der Waals surface area contributed by atoms with Crippen molar-refractivity contribution in [2.45, 2.75) is 32.7 Å². The third-order valence-electron chi connectivity index (χ3n) is 3.34. The molecule has 1 aromatic rings. The van der Waals surface area contributed by atoms with Crippen LogP contribution in [0.2, 0.25) is 5.02 Å². The zero-order valence-corrected chi connectivity index (χ0v) is 18.6. The third kappa shape index (κ3) is 10.2. The Hall–Kier alpha value is -0.610. The molecule has 0 aliphatic rings. The highest BCUT2D eigenvalue weighted by molar-refractivity contribution is 14.0. The molecular weight excluding hydrogens is 480 g/mol. The highest BCUT2D eigenvalue weighted by Gasteiger charge is 2.10. The Morgan fingerprint density at radius 3 is 2.64 bits per heavy atom. The maximum Gasteiger partial charge on any atom is 0.191 e. The van der Waals surface area contributed by atoms with Gasteiger partial charge in [0.1, 0.15) is 15.7 Å². The van der Waals surface area contributed by atoms with Crippen molar-refractivity contribution in [1.29, 1.82) is 0 Å². The molecule has 2 N–H and O–H groups in total. The Bertz CT molecular complexity index is 651. The van der Waals surface area contributed by atoms with Crippen molar-refractivity contribution in [3.8, 4) is 0 Å². The summed E-state index contributed by atoms with van der Waals surface area (Å²) in [5.74, 6) is 0.355. The van der Waals surface area contributed by atoms with E-state index in [4.69, 9.17) is 11.6 Å². The summed E-state index contributed by atoms with van der Waals surface area (Å²) in [7, 11) is -2.99. The Kier molecular flexibility index (Phi) is 11.6. The summed E-state index contributed by atoms with van der Waals surface area (Å²) in [6.45, 7) is 4.87. The van der Waals surface area contributed by atoms with Gasteiger partial charge < -0.3 is 10.6 Å². The molecule has 1 aromatic carbocycles. The van der Waals surface area contributed by atoms with Crippen molar-refractivity contribution in [3.63, 3.8) is 0 Å². The number of rotatable bonds is 8. The average Bonchev–Trinajstić information content (AvgIpc) is 2.47. The monoisotopic (exact) mass is 505 g/mol. The number of halogens is 3. The molecule has 144 valence electrons. The molecule has 0 spiro atoms. The van der Waals surface area contributed by atoms with Crippen LogP contribution >= 0.6 is 35.6 Å². The van der Waals surface area contributed by atoms with Crippen LogP contribution in [0.5, 0.6) is 0 Å². The standard InChI is InChI=1S/C16H25ClFN3O2S.HI/c1-4-19-16(21-12(2)9-11-24(3,22)23)20-10-8-13-14(17)6-5-7-15(13)18;/h5-7,12H,4,8-11H2,1-3H3,(H2,19,20,21);1H. The lowest BCUT2D eigenvalue weighted by Crippen LogP contribution is -2.43. The summed E-state index contributed by atoms with van der Waals surface area (Å²) in [6, 6.07) is 4.55. The summed E-state index contributed by atoms with van der Waals surface area (Å²) in [5, 5.41) is 6.64. The van der Waals surface area contributed by atoms with E-state index in [1.807, 2.05) is 13.8 Å². The van der Waals surface area contributed by atoms with Gasteiger partial charge in [-0.25, -0.2) is 12.8 Å². The van der Waals surface area contributed by atoms with Crippen molar-refractivity contribution in [2.75, 3.05) is 25.1 Å². The summed E-state index contributed by atoms with van der Waals surface area (Å²) >= 11 is 6.00. The molecule has 0 aromatic heterocycles. The Balaban J connectivity index is 0.00000576. The number of nitrogens with zero attached hydrogens (tertiary/aromatic N) is 1. The van der Waals surface area contributed by atoms with Gasteiger partial charge >= 0.3 is 0 Å². The van der Waals surface area contributed by atoms with Gasteiger partial charge in [0.2, 0.25) is 0 Å². The number of sulfone groups is 1. The Morgan fingerprint density at radius 1 is 1.40 bits per heavy atom. The summed E-state index contributed by atoms with van der Waals surface area (Å²) in [4.78, 5) is 4.40. The molecule has 0 radical (unpaired) electrons. The van der Waals surface area contributed by atoms with Crippen LogP contribution in [0.15, 0.2) is 23.2 Å². The first-order chi connectivity index (χ1) is 11.2. The predicted octanol–water partition coefficient (Wildman–Crippen LogP) is 3.02. The minimum atomic E-state index is -2.99. The molecule has 0 amide bonds. The molecule has 0 saturated heterocycles. The number of hydrogen-bond acceptors (Lipinski definition) is 3. The number of nitrogens with one attached hydrogen (secondary N) is 2. The van der Waals surface area contributed by atoms with E-state index >= 15 is 0 Å². The molecule has 9 heteroatoms. The molecule has 0 aliphatic heterocycles. The van der Waals surface area contributed by atoms with Gasteiger partial charge in [0.25, 0.3) is 0 Å². The van der Waals surface area contributed by atoms with Crippen LogP contribution in [0.25, 0.3) is 0 Å². The first kappa shape index (κ1) is 24.4. The molecule has 1 unspecified atom stereocenters. The maximum absolute atomic E-state index is 13.7. The van der Waals surface area contributed by atoms with E-state index in [9.17, 15) is 12.8 Å². The normalized spacial score (nSPS) is 13.1. The molecule has 5 nitrogen and oxygen atoms in total. The van der Waals surface area contributed by atoms with E-state index in [2.05, 4.69) is 15.6 Å². The predicted molar refractivity (Wildman–Crippen MR) is 113 cm³/mol. The quantitative estimate of drug-likeness (QED) is 0.324. The lowest BCUT2D eigenvalue weighted by molar-refractivity contribution is 0.581. The SMILES string of the molecule is CCNC(=NCCc1c(F)cccc1Cl)NC(C)CCS(C)(=O)=O.I. The van der Waals surface area contributed by atoms with Crippen molar-refractivity contribution in [1.82, 2.24) is 10.6 Å². The second-order valence-electron chi connectivity index (χ2n) is 5.67. The second kappa shape index (κ2) is 11.9. The Morgan fingerprint density at radius 2 is 2.08 bits per heavy atom. The molecule has 0 bridgehead atoms. The van der Waals surface area contributed by atoms with Crippen molar-refractivity contribution < 1.29 is 12.8 Å². The topological polar surface area (TPSA) is 70.6 Å². The molecule has 25 heavy (non-hydrogen) atoms. The minimum Gasteiger partial charge on any atom is -0.357 e. The molecule has 0 aliphatic carbocycles. The summed E-state index contributed by atoms with van der Waals surface area (Å²) in [6.07, 6.45) is 2.10. The van der Waals surface area contributed by atoms with Crippen LogP contribution in [0, 0.1) is 5.82 Å². The Labute approximate surface area is 171 Å². The van der Waals surface area contributed by atoms with Gasteiger partial charge in [-0.1, -0.05) is 17.7 Å². The summed E-state index contributed by atoms with van der Waals surface area (Å²) < 4.78 is 36.2. The van der Waals surface area contributed by atoms with Crippen molar-refractivity contribution >= 4 is 51.4 Å². The van der Waals surface area contributed by atoms with Gasteiger partial charge in [0.15, 0.2) is 5.96 Å². The maximum atomic E-state index is 13.7. The summed E-state index contributed by atoms with van der Waals surface area (Å²) in [5.41, 5.74) is 0.448. The fraction of sp³-hybridized carbons (Fsp3) is 0.562. The van der Waals surface area contributed by atoms with E-state index in [1.165, 1.54) is 12.3 Å².